The maximum atomic E-state index is 13.6. The Bertz CT molecular complexity index is 408. The Morgan fingerprint density at radius 3 is 2.53 bits per heavy atom. The first-order valence-electron chi connectivity index (χ1n) is 7.62. The molecule has 106 valence electrons. The highest BCUT2D eigenvalue weighted by atomic mass is 19.1. The van der Waals surface area contributed by atoms with Crippen LogP contribution in [0.2, 0.25) is 0 Å². The quantitative estimate of drug-likeness (QED) is 0.826. The van der Waals surface area contributed by atoms with Crippen LogP contribution in [0.3, 0.4) is 0 Å². The van der Waals surface area contributed by atoms with Crippen LogP contribution in [0, 0.1) is 18.7 Å². The van der Waals surface area contributed by atoms with Crippen LogP contribution in [0.1, 0.15) is 63.1 Å². The van der Waals surface area contributed by atoms with Crippen molar-refractivity contribution in [2.75, 3.05) is 0 Å². The van der Waals surface area contributed by atoms with Crippen LogP contribution in [0.25, 0.3) is 0 Å². The molecule has 19 heavy (non-hydrogen) atoms. The minimum absolute atomic E-state index is 0.0964. The van der Waals surface area contributed by atoms with Crippen molar-refractivity contribution < 1.29 is 4.39 Å². The smallest absolute Gasteiger partial charge is 0.126 e. The van der Waals surface area contributed by atoms with E-state index in [0.29, 0.717) is 6.04 Å². The monoisotopic (exact) mass is 263 g/mol. The van der Waals surface area contributed by atoms with E-state index in [-0.39, 0.29) is 11.9 Å². The van der Waals surface area contributed by atoms with Gasteiger partial charge in [0.05, 0.1) is 0 Å². The molecular weight excluding hydrogens is 237 g/mol. The zero-order valence-electron chi connectivity index (χ0n) is 12.4. The summed E-state index contributed by atoms with van der Waals surface area (Å²) in [4.78, 5) is 0. The third kappa shape index (κ3) is 3.79. The Morgan fingerprint density at radius 2 is 1.95 bits per heavy atom. The molecule has 0 spiro atoms. The molecule has 1 aliphatic rings. The van der Waals surface area contributed by atoms with Gasteiger partial charge in [0.2, 0.25) is 0 Å². The summed E-state index contributed by atoms with van der Waals surface area (Å²) >= 11 is 0. The molecule has 1 aliphatic carbocycles. The van der Waals surface area contributed by atoms with Crippen molar-refractivity contribution in [3.63, 3.8) is 0 Å². The van der Waals surface area contributed by atoms with Gasteiger partial charge in [0, 0.05) is 12.1 Å². The molecule has 0 heterocycles. The topological polar surface area (TPSA) is 12.0 Å². The van der Waals surface area contributed by atoms with Crippen LogP contribution >= 0.6 is 0 Å². The summed E-state index contributed by atoms with van der Waals surface area (Å²) in [5.74, 6) is 0.825. The Kier molecular flexibility index (Phi) is 4.98. The van der Waals surface area contributed by atoms with E-state index >= 15 is 0 Å². The summed E-state index contributed by atoms with van der Waals surface area (Å²) in [6, 6.07) is 6.41. The first-order chi connectivity index (χ1) is 9.10. The van der Waals surface area contributed by atoms with Gasteiger partial charge in [-0.25, -0.2) is 4.39 Å². The number of hydrogen-bond acceptors (Lipinski definition) is 1. The number of aryl methyl sites for hydroxylation is 1. The van der Waals surface area contributed by atoms with E-state index in [1.54, 1.807) is 6.07 Å². The van der Waals surface area contributed by atoms with Gasteiger partial charge in [-0.05, 0) is 62.6 Å². The Hall–Kier alpha value is -0.890. The molecule has 2 heteroatoms. The second-order valence-electron chi connectivity index (χ2n) is 6.02. The van der Waals surface area contributed by atoms with Crippen molar-refractivity contribution in [1.29, 1.82) is 0 Å². The third-order valence-electron chi connectivity index (χ3n) is 4.61. The minimum atomic E-state index is -0.0964. The number of benzene rings is 1. The first-order valence-corrected chi connectivity index (χ1v) is 7.62. The van der Waals surface area contributed by atoms with Gasteiger partial charge in [0.15, 0.2) is 0 Å². The summed E-state index contributed by atoms with van der Waals surface area (Å²) in [7, 11) is 0. The van der Waals surface area contributed by atoms with Crippen molar-refractivity contribution in [2.24, 2.45) is 5.92 Å². The molecule has 0 saturated heterocycles. The molecule has 1 atom stereocenters. The summed E-state index contributed by atoms with van der Waals surface area (Å²) in [6.07, 6.45) is 6.51. The zero-order chi connectivity index (χ0) is 13.8. The third-order valence-corrected chi connectivity index (χ3v) is 4.61. The normalized spacial score (nSPS) is 25.3. The van der Waals surface area contributed by atoms with Crippen molar-refractivity contribution in [3.05, 3.63) is 35.1 Å². The summed E-state index contributed by atoms with van der Waals surface area (Å²) in [5.41, 5.74) is 1.78. The van der Waals surface area contributed by atoms with Gasteiger partial charge in [-0.1, -0.05) is 25.5 Å². The van der Waals surface area contributed by atoms with Crippen LogP contribution in [-0.2, 0) is 0 Å². The van der Waals surface area contributed by atoms with E-state index in [1.807, 2.05) is 19.1 Å². The highest BCUT2D eigenvalue weighted by molar-refractivity contribution is 5.25. The number of hydrogen-bond donors (Lipinski definition) is 1. The molecule has 2 rings (SSSR count). The Balaban J connectivity index is 1.90. The Morgan fingerprint density at radius 1 is 1.26 bits per heavy atom. The molecule has 1 N–H and O–H groups in total. The van der Waals surface area contributed by atoms with Crippen LogP contribution < -0.4 is 5.32 Å². The molecule has 0 amide bonds. The molecule has 1 aromatic carbocycles. The van der Waals surface area contributed by atoms with Crippen LogP contribution in [0.15, 0.2) is 18.2 Å². The molecule has 0 bridgehead atoms. The van der Waals surface area contributed by atoms with E-state index in [1.165, 1.54) is 32.1 Å². The number of nitrogens with one attached hydrogen (secondary N) is 1. The summed E-state index contributed by atoms with van der Waals surface area (Å²) < 4.78 is 13.6. The Labute approximate surface area is 116 Å². The van der Waals surface area contributed by atoms with Gasteiger partial charge >= 0.3 is 0 Å². The van der Waals surface area contributed by atoms with Crippen LogP contribution in [-0.4, -0.2) is 6.04 Å². The maximum absolute atomic E-state index is 13.6. The summed E-state index contributed by atoms with van der Waals surface area (Å²) in [5, 5.41) is 3.66. The lowest BCUT2D eigenvalue weighted by Gasteiger charge is -2.31. The minimum Gasteiger partial charge on any atom is -0.307 e. The lowest BCUT2D eigenvalue weighted by atomic mass is 9.84. The molecule has 1 nitrogen and oxygen atoms in total. The van der Waals surface area contributed by atoms with Gasteiger partial charge in [0.25, 0.3) is 0 Å². The lowest BCUT2D eigenvalue weighted by molar-refractivity contribution is 0.273. The zero-order valence-corrected chi connectivity index (χ0v) is 12.4. The highest BCUT2D eigenvalue weighted by Crippen LogP contribution is 2.28. The van der Waals surface area contributed by atoms with E-state index in [2.05, 4.69) is 19.2 Å². The van der Waals surface area contributed by atoms with Crippen molar-refractivity contribution in [1.82, 2.24) is 5.32 Å². The standard InChI is InChI=1S/C17H26FN/c1-4-14-6-9-16(10-7-14)19-13(3)15-8-5-12(2)17(18)11-15/h5,8,11,13-14,16,19H,4,6-7,9-10H2,1-3H3. The average molecular weight is 263 g/mol. The largest absolute Gasteiger partial charge is 0.307 e. The maximum Gasteiger partial charge on any atom is 0.126 e. The molecule has 0 aliphatic heterocycles. The fourth-order valence-corrected chi connectivity index (χ4v) is 3.07. The van der Waals surface area contributed by atoms with Gasteiger partial charge in [-0.15, -0.1) is 0 Å². The van der Waals surface area contributed by atoms with Gasteiger partial charge in [-0.3, -0.25) is 0 Å². The molecule has 1 aromatic rings. The summed E-state index contributed by atoms with van der Waals surface area (Å²) in [6.45, 7) is 6.23. The van der Waals surface area contributed by atoms with Crippen LogP contribution in [0.5, 0.6) is 0 Å². The predicted molar refractivity (Wildman–Crippen MR) is 78.7 cm³/mol. The molecule has 1 unspecified atom stereocenters. The highest BCUT2D eigenvalue weighted by Gasteiger charge is 2.21. The predicted octanol–water partition coefficient (Wildman–Crippen LogP) is 4.75. The lowest BCUT2D eigenvalue weighted by Crippen LogP contribution is -2.35. The molecule has 1 fully saturated rings. The van der Waals surface area contributed by atoms with E-state index < -0.39 is 0 Å². The van der Waals surface area contributed by atoms with Gasteiger partial charge in [0.1, 0.15) is 5.82 Å². The van der Waals surface area contributed by atoms with Crippen molar-refractivity contribution in [2.45, 2.75) is 65.0 Å². The second-order valence-corrected chi connectivity index (χ2v) is 6.02. The van der Waals surface area contributed by atoms with Gasteiger partial charge < -0.3 is 5.32 Å². The fraction of sp³-hybridized carbons (Fsp3) is 0.647. The number of halogens is 1. The molecule has 0 aromatic heterocycles. The molecule has 0 radical (unpaired) electrons. The van der Waals surface area contributed by atoms with E-state index in [0.717, 1.165) is 17.0 Å². The van der Waals surface area contributed by atoms with E-state index in [4.69, 9.17) is 0 Å². The van der Waals surface area contributed by atoms with Gasteiger partial charge in [-0.2, -0.15) is 0 Å². The van der Waals surface area contributed by atoms with Crippen molar-refractivity contribution >= 4 is 0 Å². The molecular formula is C17H26FN. The number of rotatable bonds is 4. The van der Waals surface area contributed by atoms with Crippen molar-refractivity contribution in [3.8, 4) is 0 Å². The molecule has 1 saturated carbocycles. The SMILES string of the molecule is CCC1CCC(NC(C)c2ccc(C)c(F)c2)CC1. The van der Waals surface area contributed by atoms with Crippen LogP contribution in [0.4, 0.5) is 4.39 Å². The van der Waals surface area contributed by atoms with E-state index in [9.17, 15) is 4.39 Å². The second kappa shape index (κ2) is 6.51. The fourth-order valence-electron chi connectivity index (χ4n) is 3.07. The first kappa shape index (κ1) is 14.5. The average Bonchev–Trinajstić information content (AvgIpc) is 2.42.